The molecule has 0 heterocycles. The minimum absolute atomic E-state index is 0.0934. The molecule has 108 valence electrons. The van der Waals surface area contributed by atoms with Crippen LogP contribution in [-0.2, 0) is 0 Å². The van der Waals surface area contributed by atoms with Crippen LogP contribution < -0.4 is 5.32 Å². The molecule has 5 nitrogen and oxygen atoms in total. The van der Waals surface area contributed by atoms with Gasteiger partial charge in [0.1, 0.15) is 0 Å². The van der Waals surface area contributed by atoms with Crippen LogP contribution >= 0.6 is 11.6 Å². The molecule has 1 saturated carbocycles. The van der Waals surface area contributed by atoms with Gasteiger partial charge in [0.05, 0.1) is 16.3 Å². The van der Waals surface area contributed by atoms with E-state index in [1.54, 1.807) is 11.9 Å². The Bertz CT molecular complexity index is 529. The number of aromatic carboxylic acids is 1. The molecule has 0 bridgehead atoms. The molecule has 1 aliphatic rings. The molecule has 0 spiro atoms. The van der Waals surface area contributed by atoms with Crippen molar-refractivity contribution in [3.63, 3.8) is 0 Å². The number of carboxylic acid groups (broad SMARTS) is 1. The maximum Gasteiger partial charge on any atom is 0.335 e. The molecule has 2 rings (SSSR count). The van der Waals surface area contributed by atoms with Crippen molar-refractivity contribution in [3.8, 4) is 0 Å². The normalized spacial score (nSPS) is 14.5. The molecule has 0 aliphatic heterocycles. The van der Waals surface area contributed by atoms with Gasteiger partial charge in [-0.3, -0.25) is 0 Å². The Morgan fingerprint density at radius 3 is 2.65 bits per heavy atom. The molecule has 2 amide bonds. The lowest BCUT2D eigenvalue weighted by Gasteiger charge is -2.30. The average molecular weight is 297 g/mol. The number of rotatable bonds is 4. The van der Waals surface area contributed by atoms with Crippen molar-refractivity contribution in [1.29, 1.82) is 0 Å². The minimum Gasteiger partial charge on any atom is -0.478 e. The third-order valence-corrected chi connectivity index (χ3v) is 3.87. The van der Waals surface area contributed by atoms with Gasteiger partial charge < -0.3 is 15.3 Å². The van der Waals surface area contributed by atoms with Crippen molar-refractivity contribution in [3.05, 3.63) is 28.8 Å². The minimum atomic E-state index is -1.05. The lowest BCUT2D eigenvalue weighted by Crippen LogP contribution is -2.37. The molecule has 2 N–H and O–H groups in total. The number of nitrogens with one attached hydrogen (secondary N) is 1. The maximum atomic E-state index is 12.0. The van der Waals surface area contributed by atoms with Crippen LogP contribution in [0, 0.1) is 5.92 Å². The quantitative estimate of drug-likeness (QED) is 0.895. The highest BCUT2D eigenvalue weighted by molar-refractivity contribution is 6.34. The van der Waals surface area contributed by atoms with Crippen molar-refractivity contribution < 1.29 is 14.7 Å². The van der Waals surface area contributed by atoms with Gasteiger partial charge in [0, 0.05) is 13.6 Å². The number of amides is 2. The van der Waals surface area contributed by atoms with Crippen LogP contribution in [0.4, 0.5) is 10.5 Å². The number of hydrogen-bond acceptors (Lipinski definition) is 2. The number of anilines is 1. The van der Waals surface area contributed by atoms with Gasteiger partial charge in [0.25, 0.3) is 0 Å². The molecule has 0 radical (unpaired) electrons. The zero-order chi connectivity index (χ0) is 14.7. The van der Waals surface area contributed by atoms with Crippen molar-refractivity contribution in [2.75, 3.05) is 18.9 Å². The fourth-order valence-corrected chi connectivity index (χ4v) is 2.33. The predicted molar refractivity (Wildman–Crippen MR) is 77.4 cm³/mol. The van der Waals surface area contributed by atoms with Crippen molar-refractivity contribution in [2.24, 2.45) is 5.92 Å². The summed E-state index contributed by atoms with van der Waals surface area (Å²) in [7, 11) is 1.74. The number of benzene rings is 1. The summed E-state index contributed by atoms with van der Waals surface area (Å²) >= 11 is 5.97. The molecule has 1 aliphatic carbocycles. The molecule has 0 atom stereocenters. The topological polar surface area (TPSA) is 69.6 Å². The van der Waals surface area contributed by atoms with Crippen LogP contribution in [0.25, 0.3) is 0 Å². The largest absolute Gasteiger partial charge is 0.478 e. The number of nitrogens with zero attached hydrogens (tertiary/aromatic N) is 1. The maximum absolute atomic E-state index is 12.0. The van der Waals surface area contributed by atoms with Gasteiger partial charge >= 0.3 is 12.0 Å². The van der Waals surface area contributed by atoms with E-state index in [2.05, 4.69) is 5.32 Å². The van der Waals surface area contributed by atoms with E-state index in [9.17, 15) is 9.59 Å². The van der Waals surface area contributed by atoms with Crippen LogP contribution in [0.3, 0.4) is 0 Å². The van der Waals surface area contributed by atoms with Crippen molar-refractivity contribution in [2.45, 2.75) is 19.3 Å². The number of carboxylic acids is 1. The first-order valence-electron chi connectivity index (χ1n) is 6.52. The van der Waals surface area contributed by atoms with Gasteiger partial charge in [0.15, 0.2) is 0 Å². The van der Waals surface area contributed by atoms with Gasteiger partial charge in [-0.05, 0) is 37.0 Å². The second kappa shape index (κ2) is 6.13. The van der Waals surface area contributed by atoms with Crippen LogP contribution in [-0.4, -0.2) is 35.6 Å². The zero-order valence-corrected chi connectivity index (χ0v) is 12.0. The van der Waals surface area contributed by atoms with Crippen LogP contribution in [0.1, 0.15) is 29.6 Å². The Morgan fingerprint density at radius 1 is 1.45 bits per heavy atom. The molecule has 6 heteroatoms. The summed E-state index contributed by atoms with van der Waals surface area (Å²) in [6.07, 6.45) is 3.58. The lowest BCUT2D eigenvalue weighted by molar-refractivity contribution is 0.0697. The number of carbonyl (C=O) groups is 2. The van der Waals surface area contributed by atoms with Crippen LogP contribution in [0.2, 0.25) is 5.02 Å². The predicted octanol–water partition coefficient (Wildman–Crippen LogP) is 3.30. The van der Waals surface area contributed by atoms with E-state index < -0.39 is 5.97 Å². The lowest BCUT2D eigenvalue weighted by atomic mass is 9.85. The molecule has 1 fully saturated rings. The summed E-state index contributed by atoms with van der Waals surface area (Å²) < 4.78 is 0. The monoisotopic (exact) mass is 296 g/mol. The van der Waals surface area contributed by atoms with E-state index in [-0.39, 0.29) is 16.6 Å². The van der Waals surface area contributed by atoms with E-state index in [0.29, 0.717) is 11.6 Å². The average Bonchev–Trinajstić information content (AvgIpc) is 2.35. The van der Waals surface area contributed by atoms with E-state index in [4.69, 9.17) is 16.7 Å². The van der Waals surface area contributed by atoms with E-state index in [1.807, 2.05) is 0 Å². The Labute approximate surface area is 122 Å². The smallest absolute Gasteiger partial charge is 0.335 e. The van der Waals surface area contributed by atoms with Gasteiger partial charge in [-0.2, -0.15) is 0 Å². The van der Waals surface area contributed by atoms with Crippen molar-refractivity contribution >= 4 is 29.3 Å². The molecule has 1 aromatic carbocycles. The summed E-state index contributed by atoms with van der Waals surface area (Å²) in [5, 5.41) is 11.8. The van der Waals surface area contributed by atoms with Gasteiger partial charge in [-0.25, -0.2) is 9.59 Å². The molecule has 0 saturated heterocycles. The SMILES string of the molecule is CN(CC1CCC1)C(=O)Nc1ccc(C(=O)O)cc1Cl. The summed E-state index contributed by atoms with van der Waals surface area (Å²) in [5.74, 6) is -0.456. The third kappa shape index (κ3) is 3.42. The van der Waals surface area contributed by atoms with Gasteiger partial charge in [0.2, 0.25) is 0 Å². The Hall–Kier alpha value is -1.75. The van der Waals surface area contributed by atoms with Gasteiger partial charge in [-0.1, -0.05) is 18.0 Å². The molecule has 1 aromatic rings. The van der Waals surface area contributed by atoms with Crippen LogP contribution in [0.15, 0.2) is 18.2 Å². The highest BCUT2D eigenvalue weighted by Gasteiger charge is 2.21. The van der Waals surface area contributed by atoms with E-state index >= 15 is 0 Å². The second-order valence-corrected chi connectivity index (χ2v) is 5.51. The molecule has 0 aromatic heterocycles. The molecular formula is C14H17ClN2O3. The number of hydrogen-bond donors (Lipinski definition) is 2. The Kier molecular flexibility index (Phi) is 4.49. The fourth-order valence-electron chi connectivity index (χ4n) is 2.11. The zero-order valence-electron chi connectivity index (χ0n) is 11.2. The number of halogens is 1. The molecule has 0 unspecified atom stereocenters. The van der Waals surface area contributed by atoms with E-state index in [1.165, 1.54) is 37.5 Å². The first kappa shape index (κ1) is 14.7. The van der Waals surface area contributed by atoms with E-state index in [0.717, 1.165) is 6.54 Å². The van der Waals surface area contributed by atoms with Gasteiger partial charge in [-0.15, -0.1) is 0 Å². The first-order valence-corrected chi connectivity index (χ1v) is 6.90. The third-order valence-electron chi connectivity index (χ3n) is 3.56. The number of urea groups is 1. The summed E-state index contributed by atoms with van der Waals surface area (Å²) in [5.41, 5.74) is 0.512. The molecular weight excluding hydrogens is 280 g/mol. The standard InChI is InChI=1S/C14H17ClN2O3/c1-17(8-9-3-2-4-9)14(20)16-12-6-5-10(13(18)19)7-11(12)15/h5-7,9H,2-4,8H2,1H3,(H,16,20)(H,18,19). The Morgan fingerprint density at radius 2 is 2.15 bits per heavy atom. The highest BCUT2D eigenvalue weighted by Crippen LogP contribution is 2.27. The summed E-state index contributed by atoms with van der Waals surface area (Å²) in [6, 6.07) is 4.00. The van der Waals surface area contributed by atoms with Crippen LogP contribution in [0.5, 0.6) is 0 Å². The number of carbonyl (C=O) groups excluding carboxylic acids is 1. The highest BCUT2D eigenvalue weighted by atomic mass is 35.5. The Balaban J connectivity index is 1.97. The fraction of sp³-hybridized carbons (Fsp3) is 0.429. The first-order chi connectivity index (χ1) is 9.47. The molecule has 20 heavy (non-hydrogen) atoms. The second-order valence-electron chi connectivity index (χ2n) is 5.11. The summed E-state index contributed by atoms with van der Waals surface area (Å²) in [4.78, 5) is 24.4. The van der Waals surface area contributed by atoms with Crippen molar-refractivity contribution in [1.82, 2.24) is 4.90 Å². The summed E-state index contributed by atoms with van der Waals surface area (Å²) in [6.45, 7) is 0.733.